The lowest BCUT2D eigenvalue weighted by Crippen LogP contribution is -2.48. The fourth-order valence-electron chi connectivity index (χ4n) is 2.14. The molecular formula is C20H35IN4O2. The highest BCUT2D eigenvalue weighted by Gasteiger charge is 2.13. The second-order valence-corrected chi connectivity index (χ2v) is 7.52. The molecule has 1 aromatic carbocycles. The van der Waals surface area contributed by atoms with Crippen molar-refractivity contribution in [3.8, 4) is 0 Å². The molecule has 154 valence electrons. The van der Waals surface area contributed by atoms with Crippen LogP contribution >= 0.6 is 24.0 Å². The van der Waals surface area contributed by atoms with Gasteiger partial charge in [0.05, 0.1) is 25.8 Å². The maximum Gasteiger partial charge on any atom is 0.239 e. The number of carbonyl (C=O) groups excluding carboxylic acids is 1. The summed E-state index contributed by atoms with van der Waals surface area (Å²) in [5, 5.41) is 9.14. The fourth-order valence-corrected chi connectivity index (χ4v) is 2.14. The number of amides is 1. The molecule has 0 saturated heterocycles. The standard InChI is InChI=1S/C20H34N4O2.HI/c1-7-21-19(23-13-18(25)24-20(4,5)6)22-12-16-8-10-17(11-9-16)14-26-15(2)3;/h8-11,15H,7,12-14H2,1-6H3,(H,24,25)(H2,21,22,23);1H. The van der Waals surface area contributed by atoms with E-state index in [0.29, 0.717) is 19.1 Å². The van der Waals surface area contributed by atoms with E-state index in [2.05, 4.69) is 45.2 Å². The molecule has 0 unspecified atom stereocenters. The molecule has 1 amide bonds. The van der Waals surface area contributed by atoms with Crippen molar-refractivity contribution in [3.63, 3.8) is 0 Å². The van der Waals surface area contributed by atoms with E-state index in [0.717, 1.165) is 17.7 Å². The van der Waals surface area contributed by atoms with E-state index in [-0.39, 0.29) is 48.1 Å². The van der Waals surface area contributed by atoms with Crippen LogP contribution in [0.3, 0.4) is 0 Å². The number of nitrogens with one attached hydrogen (secondary N) is 3. The summed E-state index contributed by atoms with van der Waals surface area (Å²) in [5.41, 5.74) is 2.01. The van der Waals surface area contributed by atoms with Gasteiger partial charge in [0.2, 0.25) is 5.91 Å². The lowest BCUT2D eigenvalue weighted by molar-refractivity contribution is -0.121. The first-order chi connectivity index (χ1) is 12.2. The van der Waals surface area contributed by atoms with E-state index in [1.807, 2.05) is 41.5 Å². The summed E-state index contributed by atoms with van der Waals surface area (Å²) in [4.78, 5) is 16.5. The van der Waals surface area contributed by atoms with E-state index in [4.69, 9.17) is 4.74 Å². The Kier molecular flexibility index (Phi) is 12.3. The molecule has 27 heavy (non-hydrogen) atoms. The zero-order valence-electron chi connectivity index (χ0n) is 17.4. The van der Waals surface area contributed by atoms with Crippen molar-refractivity contribution in [3.05, 3.63) is 35.4 Å². The van der Waals surface area contributed by atoms with Gasteiger partial charge in [-0.05, 0) is 52.7 Å². The minimum absolute atomic E-state index is 0. The summed E-state index contributed by atoms with van der Waals surface area (Å²) < 4.78 is 5.60. The molecule has 0 heterocycles. The summed E-state index contributed by atoms with van der Waals surface area (Å²) in [5.74, 6) is 0.571. The van der Waals surface area contributed by atoms with Crippen LogP contribution in [0, 0.1) is 0 Å². The highest BCUT2D eigenvalue weighted by atomic mass is 127. The fraction of sp³-hybridized carbons (Fsp3) is 0.600. The number of rotatable bonds is 8. The minimum atomic E-state index is -0.241. The van der Waals surface area contributed by atoms with Gasteiger partial charge < -0.3 is 20.7 Å². The van der Waals surface area contributed by atoms with Crippen LogP contribution in [0.15, 0.2) is 29.3 Å². The minimum Gasteiger partial charge on any atom is -0.374 e. The molecule has 0 bridgehead atoms. The van der Waals surface area contributed by atoms with Crippen molar-refractivity contribution in [2.45, 2.75) is 66.3 Å². The second kappa shape index (κ2) is 12.9. The Hall–Kier alpha value is -1.35. The Morgan fingerprint density at radius 3 is 2.22 bits per heavy atom. The quantitative estimate of drug-likeness (QED) is 0.297. The molecule has 0 saturated carbocycles. The van der Waals surface area contributed by atoms with Crippen molar-refractivity contribution in [1.82, 2.24) is 16.0 Å². The van der Waals surface area contributed by atoms with Gasteiger partial charge in [-0.2, -0.15) is 0 Å². The van der Waals surface area contributed by atoms with Crippen LogP contribution in [-0.4, -0.2) is 36.6 Å². The average Bonchev–Trinajstić information content (AvgIpc) is 2.55. The average molecular weight is 490 g/mol. The molecule has 3 N–H and O–H groups in total. The second-order valence-electron chi connectivity index (χ2n) is 7.52. The molecule has 0 spiro atoms. The van der Waals surface area contributed by atoms with E-state index in [1.165, 1.54) is 0 Å². The Bertz CT molecular complexity index is 581. The van der Waals surface area contributed by atoms with E-state index in [9.17, 15) is 4.79 Å². The summed E-state index contributed by atoms with van der Waals surface area (Å²) in [6, 6.07) is 8.23. The zero-order chi connectivity index (χ0) is 19.6. The number of benzene rings is 1. The van der Waals surface area contributed by atoms with Crippen molar-refractivity contribution in [1.29, 1.82) is 0 Å². The largest absolute Gasteiger partial charge is 0.374 e. The number of nitrogens with zero attached hydrogens (tertiary/aromatic N) is 1. The van der Waals surface area contributed by atoms with Crippen molar-refractivity contribution < 1.29 is 9.53 Å². The Balaban J connectivity index is 0.00000676. The summed E-state index contributed by atoms with van der Waals surface area (Å²) in [6.45, 7) is 14.0. The SMILES string of the molecule is CCNC(=NCc1ccc(COC(C)C)cc1)NCC(=O)NC(C)(C)C.I. The summed E-state index contributed by atoms with van der Waals surface area (Å²) >= 11 is 0. The molecule has 0 aromatic heterocycles. The monoisotopic (exact) mass is 490 g/mol. The van der Waals surface area contributed by atoms with Crippen molar-refractivity contribution in [2.75, 3.05) is 13.1 Å². The summed E-state index contributed by atoms with van der Waals surface area (Å²) in [6.07, 6.45) is 0.225. The number of carbonyl (C=O) groups is 1. The highest BCUT2D eigenvalue weighted by molar-refractivity contribution is 14.0. The van der Waals surface area contributed by atoms with Gasteiger partial charge in [0.15, 0.2) is 5.96 Å². The summed E-state index contributed by atoms with van der Waals surface area (Å²) in [7, 11) is 0. The van der Waals surface area contributed by atoms with Crippen LogP contribution in [-0.2, 0) is 22.7 Å². The van der Waals surface area contributed by atoms with Gasteiger partial charge in [0, 0.05) is 12.1 Å². The lowest BCUT2D eigenvalue weighted by Gasteiger charge is -2.21. The zero-order valence-corrected chi connectivity index (χ0v) is 19.7. The van der Waals surface area contributed by atoms with Gasteiger partial charge in [-0.1, -0.05) is 24.3 Å². The molecule has 1 rings (SSSR count). The molecule has 6 nitrogen and oxygen atoms in total. The predicted octanol–water partition coefficient (Wildman–Crippen LogP) is 3.20. The van der Waals surface area contributed by atoms with E-state index >= 15 is 0 Å². The molecule has 0 radical (unpaired) electrons. The molecule has 7 heteroatoms. The third-order valence-electron chi connectivity index (χ3n) is 3.30. The van der Waals surface area contributed by atoms with E-state index < -0.39 is 0 Å². The van der Waals surface area contributed by atoms with Gasteiger partial charge in [-0.3, -0.25) is 4.79 Å². The molecule has 0 fully saturated rings. The molecule has 0 aliphatic heterocycles. The van der Waals surface area contributed by atoms with Crippen LogP contribution in [0.5, 0.6) is 0 Å². The van der Waals surface area contributed by atoms with Crippen LogP contribution in [0.4, 0.5) is 0 Å². The van der Waals surface area contributed by atoms with Gasteiger partial charge in [0.25, 0.3) is 0 Å². The molecule has 0 aliphatic carbocycles. The lowest BCUT2D eigenvalue weighted by atomic mass is 10.1. The van der Waals surface area contributed by atoms with E-state index in [1.54, 1.807) is 0 Å². The smallest absolute Gasteiger partial charge is 0.239 e. The number of aliphatic imine (C=N–C) groups is 1. The maximum atomic E-state index is 11.9. The van der Waals surface area contributed by atoms with Gasteiger partial charge >= 0.3 is 0 Å². The van der Waals surface area contributed by atoms with Crippen LogP contribution in [0.2, 0.25) is 0 Å². The number of hydrogen-bond acceptors (Lipinski definition) is 3. The topological polar surface area (TPSA) is 74.8 Å². The number of guanidine groups is 1. The van der Waals surface area contributed by atoms with Gasteiger partial charge in [-0.25, -0.2) is 4.99 Å². The Morgan fingerprint density at radius 1 is 1.11 bits per heavy atom. The first-order valence-electron chi connectivity index (χ1n) is 9.22. The Labute approximate surface area is 181 Å². The molecular weight excluding hydrogens is 455 g/mol. The molecule has 0 atom stereocenters. The highest BCUT2D eigenvalue weighted by Crippen LogP contribution is 2.08. The Morgan fingerprint density at radius 2 is 1.70 bits per heavy atom. The number of ether oxygens (including phenoxy) is 1. The number of hydrogen-bond donors (Lipinski definition) is 3. The normalized spacial score (nSPS) is 11.7. The van der Waals surface area contributed by atoms with Crippen LogP contribution in [0.1, 0.15) is 52.7 Å². The first kappa shape index (κ1) is 25.6. The van der Waals surface area contributed by atoms with Crippen molar-refractivity contribution >= 4 is 35.8 Å². The first-order valence-corrected chi connectivity index (χ1v) is 9.22. The third kappa shape index (κ3) is 12.6. The van der Waals surface area contributed by atoms with Gasteiger partial charge in [-0.15, -0.1) is 24.0 Å². The molecule has 0 aliphatic rings. The maximum absolute atomic E-state index is 11.9. The van der Waals surface area contributed by atoms with Crippen LogP contribution < -0.4 is 16.0 Å². The van der Waals surface area contributed by atoms with Gasteiger partial charge in [0.1, 0.15) is 0 Å². The molecule has 1 aromatic rings. The third-order valence-corrected chi connectivity index (χ3v) is 3.30. The van der Waals surface area contributed by atoms with Crippen LogP contribution in [0.25, 0.3) is 0 Å². The number of halogens is 1. The van der Waals surface area contributed by atoms with Crippen molar-refractivity contribution in [2.24, 2.45) is 4.99 Å². The predicted molar refractivity (Wildman–Crippen MR) is 122 cm³/mol.